The summed E-state index contributed by atoms with van der Waals surface area (Å²) in [5.74, 6) is 0.670. The minimum atomic E-state index is 0.573. The molecule has 0 bridgehead atoms. The van der Waals surface area contributed by atoms with E-state index in [-0.39, 0.29) is 0 Å². The van der Waals surface area contributed by atoms with Gasteiger partial charge in [-0.3, -0.25) is 0 Å². The minimum Gasteiger partial charge on any atom is -0.495 e. The zero-order valence-corrected chi connectivity index (χ0v) is 10.1. The van der Waals surface area contributed by atoms with Crippen LogP contribution in [0.1, 0.15) is 18.1 Å². The topological polar surface area (TPSA) is 30.8 Å². The van der Waals surface area contributed by atoms with Crippen molar-refractivity contribution in [3.05, 3.63) is 28.3 Å². The Morgan fingerprint density at radius 1 is 1.33 bits per heavy atom. The molecule has 0 aliphatic carbocycles. The molecule has 3 nitrogen and oxygen atoms in total. The summed E-state index contributed by atoms with van der Waals surface area (Å²) in [7, 11) is 3.11. The lowest BCUT2D eigenvalue weighted by atomic mass is 10.0. The van der Waals surface area contributed by atoms with Crippen molar-refractivity contribution >= 4 is 17.3 Å². The monoisotopic (exact) mass is 227 g/mol. The predicted molar refractivity (Wildman–Crippen MR) is 62.0 cm³/mol. The van der Waals surface area contributed by atoms with Gasteiger partial charge in [0.05, 0.1) is 17.8 Å². The van der Waals surface area contributed by atoms with Gasteiger partial charge in [0.15, 0.2) is 0 Å². The molecule has 0 aromatic heterocycles. The third-order valence-electron chi connectivity index (χ3n) is 2.12. The van der Waals surface area contributed by atoms with Crippen LogP contribution in [0, 0.1) is 6.92 Å². The molecule has 1 rings (SSSR count). The Hall–Kier alpha value is -1.22. The second kappa shape index (κ2) is 5.03. The van der Waals surface area contributed by atoms with E-state index in [1.54, 1.807) is 7.11 Å². The molecule has 0 radical (unpaired) electrons. The highest BCUT2D eigenvalue weighted by atomic mass is 35.5. The number of methoxy groups -OCH3 is 1. The summed E-state index contributed by atoms with van der Waals surface area (Å²) in [6.45, 7) is 3.84. The zero-order chi connectivity index (χ0) is 11.4. The predicted octanol–water partition coefficient (Wildman–Crippen LogP) is 3.03. The molecule has 0 N–H and O–H groups in total. The Kier molecular flexibility index (Phi) is 3.97. The van der Waals surface area contributed by atoms with E-state index in [0.29, 0.717) is 10.8 Å². The van der Waals surface area contributed by atoms with Gasteiger partial charge in [-0.15, -0.1) is 0 Å². The van der Waals surface area contributed by atoms with E-state index in [4.69, 9.17) is 21.2 Å². The third-order valence-corrected chi connectivity index (χ3v) is 2.41. The molecule has 82 valence electrons. The van der Waals surface area contributed by atoms with Gasteiger partial charge in [0.25, 0.3) is 0 Å². The number of hydrogen-bond donors (Lipinski definition) is 0. The van der Waals surface area contributed by atoms with Crippen LogP contribution < -0.4 is 4.74 Å². The summed E-state index contributed by atoms with van der Waals surface area (Å²) in [6, 6.07) is 3.71. The molecule has 1 aromatic carbocycles. The van der Waals surface area contributed by atoms with Crippen LogP contribution in [-0.2, 0) is 4.84 Å². The van der Waals surface area contributed by atoms with Crippen LogP contribution in [-0.4, -0.2) is 19.9 Å². The standard InChI is InChI=1S/C11H14ClNO2/c1-7-5-11(14-3)10(12)6-9(7)8(2)13-15-4/h5-6H,1-4H3/b13-8+. The highest BCUT2D eigenvalue weighted by Crippen LogP contribution is 2.28. The number of rotatable bonds is 3. The summed E-state index contributed by atoms with van der Waals surface area (Å²) in [5.41, 5.74) is 2.80. The average molecular weight is 228 g/mol. The van der Waals surface area contributed by atoms with E-state index in [1.165, 1.54) is 7.11 Å². The largest absolute Gasteiger partial charge is 0.495 e. The van der Waals surface area contributed by atoms with Gasteiger partial charge in [-0.25, -0.2) is 0 Å². The molecule has 15 heavy (non-hydrogen) atoms. The van der Waals surface area contributed by atoms with E-state index in [2.05, 4.69) is 5.16 Å². The third kappa shape index (κ3) is 2.63. The van der Waals surface area contributed by atoms with Gasteiger partial charge in [-0.05, 0) is 31.5 Å². The van der Waals surface area contributed by atoms with Crippen molar-refractivity contribution in [3.8, 4) is 5.75 Å². The smallest absolute Gasteiger partial charge is 0.137 e. The van der Waals surface area contributed by atoms with Crippen LogP contribution in [0.15, 0.2) is 17.3 Å². The number of hydrogen-bond acceptors (Lipinski definition) is 3. The van der Waals surface area contributed by atoms with Gasteiger partial charge >= 0.3 is 0 Å². The van der Waals surface area contributed by atoms with Crippen molar-refractivity contribution in [1.29, 1.82) is 0 Å². The summed E-state index contributed by atoms with van der Waals surface area (Å²) in [4.78, 5) is 4.72. The van der Waals surface area contributed by atoms with E-state index in [0.717, 1.165) is 16.8 Å². The van der Waals surface area contributed by atoms with Crippen molar-refractivity contribution in [2.24, 2.45) is 5.16 Å². The number of ether oxygens (including phenoxy) is 1. The molecule has 1 aromatic rings. The molecule has 0 saturated carbocycles. The van der Waals surface area contributed by atoms with Gasteiger partial charge < -0.3 is 9.57 Å². The minimum absolute atomic E-state index is 0.573. The number of oxime groups is 1. The lowest BCUT2D eigenvalue weighted by Crippen LogP contribution is -2.00. The van der Waals surface area contributed by atoms with Crippen LogP contribution in [0.2, 0.25) is 5.02 Å². The maximum atomic E-state index is 6.02. The van der Waals surface area contributed by atoms with Gasteiger partial charge in [0.1, 0.15) is 12.9 Å². The quantitative estimate of drug-likeness (QED) is 0.587. The lowest BCUT2D eigenvalue weighted by molar-refractivity contribution is 0.213. The Balaban J connectivity index is 3.21. The molecule has 0 aliphatic heterocycles. The summed E-state index contributed by atoms with van der Waals surface area (Å²) >= 11 is 6.02. The van der Waals surface area contributed by atoms with E-state index >= 15 is 0 Å². The summed E-state index contributed by atoms with van der Waals surface area (Å²) in [6.07, 6.45) is 0. The number of benzene rings is 1. The molecule has 0 amide bonds. The molecular formula is C11H14ClNO2. The SMILES string of the molecule is CO/N=C(\C)c1cc(Cl)c(OC)cc1C. The molecule has 0 aliphatic rings. The van der Waals surface area contributed by atoms with Gasteiger partial charge in [-0.1, -0.05) is 16.8 Å². The fourth-order valence-corrected chi connectivity index (χ4v) is 1.63. The molecule has 0 saturated heterocycles. The van der Waals surface area contributed by atoms with Crippen LogP contribution in [0.3, 0.4) is 0 Å². The summed E-state index contributed by atoms with van der Waals surface area (Å²) in [5, 5.41) is 4.44. The number of aryl methyl sites for hydroxylation is 1. The molecule has 0 atom stereocenters. The Bertz CT molecular complexity index is 388. The van der Waals surface area contributed by atoms with Crippen molar-refractivity contribution in [2.75, 3.05) is 14.2 Å². The van der Waals surface area contributed by atoms with Gasteiger partial charge in [0.2, 0.25) is 0 Å². The molecule has 0 unspecified atom stereocenters. The Labute approximate surface area is 94.6 Å². The van der Waals surface area contributed by atoms with Crippen LogP contribution in [0.4, 0.5) is 0 Å². The van der Waals surface area contributed by atoms with Crippen molar-refractivity contribution < 1.29 is 9.57 Å². The first-order valence-corrected chi connectivity index (χ1v) is 4.90. The second-order valence-corrected chi connectivity index (χ2v) is 3.57. The molecule has 0 fully saturated rings. The van der Waals surface area contributed by atoms with Crippen LogP contribution in [0.25, 0.3) is 0 Å². The normalized spacial score (nSPS) is 11.4. The maximum Gasteiger partial charge on any atom is 0.137 e. The zero-order valence-electron chi connectivity index (χ0n) is 9.30. The molecule has 0 heterocycles. The van der Waals surface area contributed by atoms with Gasteiger partial charge in [0, 0.05) is 5.56 Å². The second-order valence-electron chi connectivity index (χ2n) is 3.16. The number of halogens is 1. The highest BCUT2D eigenvalue weighted by molar-refractivity contribution is 6.32. The van der Waals surface area contributed by atoms with E-state index in [1.807, 2.05) is 26.0 Å². The fraction of sp³-hybridized carbons (Fsp3) is 0.364. The lowest BCUT2D eigenvalue weighted by Gasteiger charge is -2.09. The Morgan fingerprint density at radius 3 is 2.53 bits per heavy atom. The van der Waals surface area contributed by atoms with Crippen molar-refractivity contribution in [3.63, 3.8) is 0 Å². The average Bonchev–Trinajstić information content (AvgIpc) is 2.21. The van der Waals surface area contributed by atoms with E-state index < -0.39 is 0 Å². The van der Waals surface area contributed by atoms with Gasteiger partial charge in [-0.2, -0.15) is 0 Å². The first kappa shape index (κ1) is 11.9. The van der Waals surface area contributed by atoms with Crippen molar-refractivity contribution in [2.45, 2.75) is 13.8 Å². The Morgan fingerprint density at radius 2 is 2.00 bits per heavy atom. The maximum absolute atomic E-state index is 6.02. The molecule has 0 spiro atoms. The van der Waals surface area contributed by atoms with Crippen LogP contribution >= 0.6 is 11.6 Å². The number of nitrogens with zero attached hydrogens (tertiary/aromatic N) is 1. The fourth-order valence-electron chi connectivity index (χ4n) is 1.39. The molecular weight excluding hydrogens is 214 g/mol. The first-order chi connectivity index (χ1) is 7.10. The summed E-state index contributed by atoms with van der Waals surface area (Å²) < 4.78 is 5.12. The van der Waals surface area contributed by atoms with Crippen molar-refractivity contribution in [1.82, 2.24) is 0 Å². The highest BCUT2D eigenvalue weighted by Gasteiger charge is 2.08. The van der Waals surface area contributed by atoms with E-state index in [9.17, 15) is 0 Å². The van der Waals surface area contributed by atoms with Crippen LogP contribution in [0.5, 0.6) is 5.75 Å². The molecule has 4 heteroatoms. The first-order valence-electron chi connectivity index (χ1n) is 4.52.